The van der Waals surface area contributed by atoms with Crippen LogP contribution in [0.4, 0.5) is 0 Å². The van der Waals surface area contributed by atoms with Crippen molar-refractivity contribution in [3.05, 3.63) is 35.1 Å². The maximum Gasteiger partial charge on any atom is 0.374 e. The van der Waals surface area contributed by atoms with Gasteiger partial charge in [-0.1, -0.05) is 11.2 Å². The molecule has 18 heavy (non-hydrogen) atoms. The van der Waals surface area contributed by atoms with Crippen molar-refractivity contribution in [3.63, 3.8) is 0 Å². The van der Waals surface area contributed by atoms with E-state index in [1.807, 2.05) is 26.0 Å². The van der Waals surface area contributed by atoms with Gasteiger partial charge in [-0.15, -0.1) is 0 Å². The summed E-state index contributed by atoms with van der Waals surface area (Å²) in [5.74, 6) is -0.658. The van der Waals surface area contributed by atoms with E-state index in [4.69, 9.17) is 14.4 Å². The summed E-state index contributed by atoms with van der Waals surface area (Å²) in [5.41, 5.74) is 3.19. The van der Waals surface area contributed by atoms with Crippen LogP contribution in [-0.4, -0.2) is 23.3 Å². The van der Waals surface area contributed by atoms with Crippen LogP contribution >= 0.6 is 0 Å². The van der Waals surface area contributed by atoms with Gasteiger partial charge in [0.1, 0.15) is 11.4 Å². The number of nitrogens with zero attached hydrogens (tertiary/aromatic N) is 1. The molecule has 0 saturated heterocycles. The lowest BCUT2D eigenvalue weighted by atomic mass is 10.0. The molecule has 0 saturated carbocycles. The first-order chi connectivity index (χ1) is 8.52. The molecule has 0 amide bonds. The SMILES string of the molecule is COc1c(C)cc(C)cc1-c1cc(C(=O)O)on1. The zero-order valence-corrected chi connectivity index (χ0v) is 10.4. The number of benzene rings is 1. The molecule has 0 radical (unpaired) electrons. The molecule has 0 aliphatic heterocycles. The summed E-state index contributed by atoms with van der Waals surface area (Å²) < 4.78 is 10.1. The zero-order chi connectivity index (χ0) is 13.3. The lowest BCUT2D eigenvalue weighted by molar-refractivity contribution is 0.0652. The normalized spacial score (nSPS) is 10.4. The van der Waals surface area contributed by atoms with E-state index in [-0.39, 0.29) is 5.76 Å². The smallest absolute Gasteiger partial charge is 0.374 e. The number of carboxylic acids is 1. The van der Waals surface area contributed by atoms with E-state index in [0.717, 1.165) is 16.7 Å². The Bertz CT molecular complexity index is 601. The molecule has 5 heteroatoms. The third-order valence-corrected chi connectivity index (χ3v) is 2.62. The van der Waals surface area contributed by atoms with Crippen molar-refractivity contribution in [2.75, 3.05) is 7.11 Å². The van der Waals surface area contributed by atoms with Crippen LogP contribution in [0, 0.1) is 13.8 Å². The van der Waals surface area contributed by atoms with E-state index in [9.17, 15) is 4.79 Å². The Morgan fingerprint density at radius 2 is 2.06 bits per heavy atom. The maximum absolute atomic E-state index is 10.8. The number of aryl methyl sites for hydroxylation is 2. The van der Waals surface area contributed by atoms with E-state index in [1.54, 1.807) is 7.11 Å². The summed E-state index contributed by atoms with van der Waals surface area (Å²) in [6.07, 6.45) is 0. The predicted molar refractivity (Wildman–Crippen MR) is 64.9 cm³/mol. The average molecular weight is 247 g/mol. The van der Waals surface area contributed by atoms with Crippen molar-refractivity contribution in [3.8, 4) is 17.0 Å². The predicted octanol–water partition coefficient (Wildman–Crippen LogP) is 2.67. The molecule has 0 fully saturated rings. The fourth-order valence-corrected chi connectivity index (χ4v) is 1.92. The standard InChI is InChI=1S/C13H13NO4/c1-7-4-8(2)12(17-3)9(5-7)10-6-11(13(15)16)18-14-10/h4-6H,1-3H3,(H,15,16). The van der Waals surface area contributed by atoms with Gasteiger partial charge in [-0.05, 0) is 31.0 Å². The highest BCUT2D eigenvalue weighted by Gasteiger charge is 2.16. The highest BCUT2D eigenvalue weighted by atomic mass is 16.5. The van der Waals surface area contributed by atoms with Gasteiger partial charge >= 0.3 is 5.97 Å². The van der Waals surface area contributed by atoms with Crippen LogP contribution in [0.3, 0.4) is 0 Å². The molecule has 5 nitrogen and oxygen atoms in total. The number of carbonyl (C=O) groups is 1. The summed E-state index contributed by atoms with van der Waals surface area (Å²) in [7, 11) is 1.57. The second-order valence-electron chi connectivity index (χ2n) is 4.04. The number of hydrogen-bond donors (Lipinski definition) is 1. The second kappa shape index (κ2) is 4.52. The van der Waals surface area contributed by atoms with E-state index in [1.165, 1.54) is 6.07 Å². The van der Waals surface area contributed by atoms with Gasteiger partial charge in [-0.3, -0.25) is 0 Å². The largest absolute Gasteiger partial charge is 0.496 e. The Labute approximate surface area is 104 Å². The van der Waals surface area contributed by atoms with Crippen LogP contribution in [0.2, 0.25) is 0 Å². The Balaban J connectivity index is 2.58. The third-order valence-electron chi connectivity index (χ3n) is 2.62. The molecule has 1 heterocycles. The summed E-state index contributed by atoms with van der Waals surface area (Å²) >= 11 is 0. The van der Waals surface area contributed by atoms with Gasteiger partial charge < -0.3 is 14.4 Å². The molecule has 0 spiro atoms. The molecule has 2 rings (SSSR count). The van der Waals surface area contributed by atoms with E-state index in [2.05, 4.69) is 5.16 Å². The molecular formula is C13H13NO4. The van der Waals surface area contributed by atoms with Crippen molar-refractivity contribution in [1.82, 2.24) is 5.16 Å². The lowest BCUT2D eigenvalue weighted by Gasteiger charge is -2.10. The Kier molecular flexibility index (Phi) is 3.06. The maximum atomic E-state index is 10.8. The first kappa shape index (κ1) is 12.2. The average Bonchev–Trinajstić information content (AvgIpc) is 2.77. The first-order valence-electron chi connectivity index (χ1n) is 5.38. The van der Waals surface area contributed by atoms with Gasteiger partial charge in [0.15, 0.2) is 0 Å². The van der Waals surface area contributed by atoms with Gasteiger partial charge in [0.25, 0.3) is 0 Å². The number of aromatic nitrogens is 1. The molecule has 0 unspecified atom stereocenters. The number of carboxylic acid groups (broad SMARTS) is 1. The number of ether oxygens (including phenoxy) is 1. The topological polar surface area (TPSA) is 72.6 Å². The number of hydrogen-bond acceptors (Lipinski definition) is 4. The summed E-state index contributed by atoms with van der Waals surface area (Å²) in [4.78, 5) is 10.8. The minimum atomic E-state index is -1.14. The Hall–Kier alpha value is -2.30. The summed E-state index contributed by atoms with van der Waals surface area (Å²) in [6.45, 7) is 3.88. The van der Waals surface area contributed by atoms with Gasteiger partial charge in [-0.2, -0.15) is 0 Å². The van der Waals surface area contributed by atoms with Crippen molar-refractivity contribution in [1.29, 1.82) is 0 Å². The van der Waals surface area contributed by atoms with Crippen LogP contribution in [0.1, 0.15) is 21.7 Å². The molecule has 1 aromatic carbocycles. The van der Waals surface area contributed by atoms with Crippen LogP contribution in [0.15, 0.2) is 22.7 Å². The summed E-state index contributed by atoms with van der Waals surface area (Å²) in [5, 5.41) is 12.6. The highest BCUT2D eigenvalue weighted by molar-refractivity contribution is 5.86. The van der Waals surface area contributed by atoms with Crippen LogP contribution in [-0.2, 0) is 0 Å². The highest BCUT2D eigenvalue weighted by Crippen LogP contribution is 2.33. The van der Waals surface area contributed by atoms with E-state index < -0.39 is 5.97 Å². The molecule has 1 aromatic heterocycles. The number of rotatable bonds is 3. The van der Waals surface area contributed by atoms with Crippen LogP contribution < -0.4 is 4.74 Å². The lowest BCUT2D eigenvalue weighted by Crippen LogP contribution is -1.93. The van der Waals surface area contributed by atoms with Crippen molar-refractivity contribution >= 4 is 5.97 Å². The first-order valence-corrected chi connectivity index (χ1v) is 5.38. The van der Waals surface area contributed by atoms with Crippen molar-refractivity contribution < 1.29 is 19.2 Å². The van der Waals surface area contributed by atoms with Crippen molar-refractivity contribution in [2.45, 2.75) is 13.8 Å². The molecule has 94 valence electrons. The molecule has 2 aromatic rings. The van der Waals surface area contributed by atoms with Gasteiger partial charge in [0.05, 0.1) is 7.11 Å². The van der Waals surface area contributed by atoms with E-state index >= 15 is 0 Å². The fourth-order valence-electron chi connectivity index (χ4n) is 1.92. The van der Waals surface area contributed by atoms with Crippen molar-refractivity contribution in [2.24, 2.45) is 0 Å². The minimum absolute atomic E-state index is 0.189. The fraction of sp³-hybridized carbons (Fsp3) is 0.231. The van der Waals surface area contributed by atoms with E-state index in [0.29, 0.717) is 11.4 Å². The third kappa shape index (κ3) is 2.07. The zero-order valence-electron chi connectivity index (χ0n) is 10.4. The van der Waals surface area contributed by atoms with Gasteiger partial charge in [0, 0.05) is 11.6 Å². The Morgan fingerprint density at radius 1 is 1.33 bits per heavy atom. The second-order valence-corrected chi connectivity index (χ2v) is 4.04. The molecule has 0 bridgehead atoms. The molecule has 0 aliphatic rings. The van der Waals surface area contributed by atoms with Gasteiger partial charge in [0.2, 0.25) is 5.76 Å². The molecule has 0 atom stereocenters. The van der Waals surface area contributed by atoms with Crippen LogP contribution in [0.5, 0.6) is 5.75 Å². The molecule has 1 N–H and O–H groups in total. The molecule has 0 aliphatic carbocycles. The minimum Gasteiger partial charge on any atom is -0.496 e. The monoisotopic (exact) mass is 247 g/mol. The van der Waals surface area contributed by atoms with Crippen LogP contribution in [0.25, 0.3) is 11.3 Å². The molecular weight excluding hydrogens is 234 g/mol. The van der Waals surface area contributed by atoms with Gasteiger partial charge in [-0.25, -0.2) is 4.79 Å². The Morgan fingerprint density at radius 3 is 2.61 bits per heavy atom. The summed E-state index contributed by atoms with van der Waals surface area (Å²) in [6, 6.07) is 5.26. The number of aromatic carboxylic acids is 1. The number of methoxy groups -OCH3 is 1. The quantitative estimate of drug-likeness (QED) is 0.902.